The number of nitrogens with zero attached hydrogens (tertiary/aromatic N) is 2. The molecule has 3 rings (SSSR count). The average molecular weight is 389 g/mol. The van der Waals surface area contributed by atoms with Crippen LogP contribution < -0.4 is 5.32 Å². The summed E-state index contributed by atoms with van der Waals surface area (Å²) in [5.74, 6) is -0.382. The first-order valence-electron chi connectivity index (χ1n) is 8.99. The van der Waals surface area contributed by atoms with Crippen LogP contribution in [0.2, 0.25) is 0 Å². The van der Waals surface area contributed by atoms with Crippen molar-refractivity contribution in [2.75, 3.05) is 39.3 Å². The Labute approximate surface area is 161 Å². The highest BCUT2D eigenvalue weighted by molar-refractivity contribution is 7.17. The Morgan fingerprint density at radius 2 is 1.81 bits per heavy atom. The lowest BCUT2D eigenvalue weighted by atomic mass is 10.1. The zero-order chi connectivity index (χ0) is 19.2. The normalized spacial score (nSPS) is 14.3. The van der Waals surface area contributed by atoms with Gasteiger partial charge in [-0.1, -0.05) is 18.2 Å². The standard InChI is InChI=1S/C19H23N3O4S/c1-2-26-18(24)12-20-19(25)22-9-7-21(8-10-22)17(23)11-14-13-27-16-6-4-3-5-15(14)16/h3-6,13H,2,7-12H2,1H3,(H,20,25). The Bertz CT molecular complexity index is 827. The van der Waals surface area contributed by atoms with Crippen LogP contribution in [0.4, 0.5) is 4.79 Å². The number of ether oxygens (including phenoxy) is 1. The third kappa shape index (κ3) is 4.77. The van der Waals surface area contributed by atoms with Gasteiger partial charge in [0.15, 0.2) is 0 Å². The molecule has 2 heterocycles. The number of rotatable bonds is 5. The van der Waals surface area contributed by atoms with E-state index in [9.17, 15) is 14.4 Å². The molecule has 27 heavy (non-hydrogen) atoms. The highest BCUT2D eigenvalue weighted by Crippen LogP contribution is 2.26. The summed E-state index contributed by atoms with van der Waals surface area (Å²) < 4.78 is 5.97. The molecule has 1 aromatic heterocycles. The maximum Gasteiger partial charge on any atom is 0.325 e. The minimum Gasteiger partial charge on any atom is -0.465 e. The van der Waals surface area contributed by atoms with E-state index in [4.69, 9.17) is 4.74 Å². The summed E-state index contributed by atoms with van der Waals surface area (Å²) >= 11 is 1.65. The molecule has 0 unspecified atom stereocenters. The van der Waals surface area contributed by atoms with Gasteiger partial charge in [-0.05, 0) is 29.3 Å². The van der Waals surface area contributed by atoms with E-state index >= 15 is 0 Å². The molecule has 0 aliphatic carbocycles. The van der Waals surface area contributed by atoms with Crippen LogP contribution in [0.5, 0.6) is 0 Å². The third-order valence-corrected chi connectivity index (χ3v) is 5.52. The lowest BCUT2D eigenvalue weighted by Crippen LogP contribution is -2.54. The number of carbonyl (C=O) groups is 3. The topological polar surface area (TPSA) is 79.0 Å². The zero-order valence-electron chi connectivity index (χ0n) is 15.3. The van der Waals surface area contributed by atoms with Crippen molar-refractivity contribution in [3.63, 3.8) is 0 Å². The molecule has 144 valence electrons. The molecule has 0 atom stereocenters. The molecule has 2 aromatic rings. The molecule has 1 fully saturated rings. The number of piperazine rings is 1. The molecule has 1 saturated heterocycles. The second kappa shape index (κ2) is 8.85. The van der Waals surface area contributed by atoms with Gasteiger partial charge in [-0.25, -0.2) is 4.79 Å². The van der Waals surface area contributed by atoms with Crippen molar-refractivity contribution in [1.29, 1.82) is 0 Å². The molecule has 1 aliphatic rings. The van der Waals surface area contributed by atoms with Gasteiger partial charge in [0.05, 0.1) is 13.0 Å². The van der Waals surface area contributed by atoms with Crippen LogP contribution in [0.15, 0.2) is 29.6 Å². The second-order valence-electron chi connectivity index (χ2n) is 6.27. The smallest absolute Gasteiger partial charge is 0.325 e. The van der Waals surface area contributed by atoms with Gasteiger partial charge >= 0.3 is 12.0 Å². The fourth-order valence-corrected chi connectivity index (χ4v) is 4.04. The monoisotopic (exact) mass is 389 g/mol. The minimum atomic E-state index is -0.456. The first kappa shape index (κ1) is 19.2. The van der Waals surface area contributed by atoms with E-state index in [2.05, 4.69) is 11.4 Å². The number of urea groups is 1. The Hall–Kier alpha value is -2.61. The molecule has 0 saturated carbocycles. The number of benzene rings is 1. The van der Waals surface area contributed by atoms with E-state index in [0.29, 0.717) is 32.6 Å². The minimum absolute atomic E-state index is 0.0742. The first-order valence-corrected chi connectivity index (χ1v) is 9.87. The van der Waals surface area contributed by atoms with Crippen molar-refractivity contribution in [2.24, 2.45) is 0 Å². The molecule has 0 radical (unpaired) electrons. The first-order chi connectivity index (χ1) is 13.1. The molecule has 1 aliphatic heterocycles. The summed E-state index contributed by atoms with van der Waals surface area (Å²) in [6.07, 6.45) is 0.374. The van der Waals surface area contributed by atoms with Crippen LogP contribution in [0.25, 0.3) is 10.1 Å². The maximum absolute atomic E-state index is 12.6. The van der Waals surface area contributed by atoms with Gasteiger partial charge in [0.2, 0.25) is 5.91 Å². The number of hydrogen-bond acceptors (Lipinski definition) is 5. The molecule has 8 heteroatoms. The molecule has 1 N–H and O–H groups in total. The van der Waals surface area contributed by atoms with Crippen molar-refractivity contribution >= 4 is 39.3 Å². The van der Waals surface area contributed by atoms with Crippen molar-refractivity contribution in [3.8, 4) is 0 Å². The van der Waals surface area contributed by atoms with Crippen LogP contribution in [-0.2, 0) is 20.7 Å². The van der Waals surface area contributed by atoms with E-state index < -0.39 is 5.97 Å². The molecule has 3 amide bonds. The molecule has 0 bridgehead atoms. The number of carbonyl (C=O) groups excluding carboxylic acids is 3. The van der Waals surface area contributed by atoms with Crippen LogP contribution in [0.1, 0.15) is 12.5 Å². The van der Waals surface area contributed by atoms with Gasteiger partial charge in [0, 0.05) is 30.9 Å². The molecular formula is C19H23N3O4S. The van der Waals surface area contributed by atoms with E-state index in [-0.39, 0.29) is 25.1 Å². The fraction of sp³-hybridized carbons (Fsp3) is 0.421. The van der Waals surface area contributed by atoms with Gasteiger partial charge in [0.1, 0.15) is 6.54 Å². The Morgan fingerprint density at radius 3 is 2.56 bits per heavy atom. The quantitative estimate of drug-likeness (QED) is 0.792. The Balaban J connectivity index is 1.48. The summed E-state index contributed by atoms with van der Waals surface area (Å²) in [6, 6.07) is 7.77. The van der Waals surface area contributed by atoms with Gasteiger partial charge in [-0.3, -0.25) is 9.59 Å². The number of esters is 1. The van der Waals surface area contributed by atoms with Crippen molar-refractivity contribution < 1.29 is 19.1 Å². The van der Waals surface area contributed by atoms with Crippen LogP contribution in [-0.4, -0.2) is 67.0 Å². The lowest BCUT2D eigenvalue weighted by Gasteiger charge is -2.34. The van der Waals surface area contributed by atoms with Crippen molar-refractivity contribution in [2.45, 2.75) is 13.3 Å². The maximum atomic E-state index is 12.6. The Morgan fingerprint density at radius 1 is 1.11 bits per heavy atom. The van der Waals surface area contributed by atoms with Gasteiger partial charge < -0.3 is 19.9 Å². The van der Waals surface area contributed by atoms with Crippen LogP contribution in [0, 0.1) is 0 Å². The highest BCUT2D eigenvalue weighted by atomic mass is 32.1. The van der Waals surface area contributed by atoms with E-state index in [1.54, 1.807) is 28.1 Å². The summed E-state index contributed by atoms with van der Waals surface area (Å²) in [7, 11) is 0. The van der Waals surface area contributed by atoms with E-state index in [0.717, 1.165) is 10.9 Å². The molecule has 7 nitrogen and oxygen atoms in total. The van der Waals surface area contributed by atoms with Crippen LogP contribution in [0.3, 0.4) is 0 Å². The second-order valence-corrected chi connectivity index (χ2v) is 7.18. The average Bonchev–Trinajstić information content (AvgIpc) is 3.09. The summed E-state index contributed by atoms with van der Waals surface area (Å²) in [5, 5.41) is 5.72. The van der Waals surface area contributed by atoms with E-state index in [1.165, 1.54) is 4.70 Å². The number of fused-ring (bicyclic) bond motifs is 1. The molecule has 0 spiro atoms. The summed E-state index contributed by atoms with van der Waals surface area (Å²) in [6.45, 7) is 3.75. The van der Waals surface area contributed by atoms with Gasteiger partial charge in [-0.15, -0.1) is 11.3 Å². The number of hydrogen-bond donors (Lipinski definition) is 1. The predicted octanol–water partition coefficient (Wildman–Crippen LogP) is 1.86. The van der Waals surface area contributed by atoms with Gasteiger partial charge in [0.25, 0.3) is 0 Å². The van der Waals surface area contributed by atoms with Crippen LogP contribution >= 0.6 is 11.3 Å². The molecule has 1 aromatic carbocycles. The Kier molecular flexibility index (Phi) is 6.28. The fourth-order valence-electron chi connectivity index (χ4n) is 3.07. The SMILES string of the molecule is CCOC(=O)CNC(=O)N1CCN(C(=O)Cc2csc3ccccc23)CC1. The number of thiophene rings is 1. The lowest BCUT2D eigenvalue weighted by molar-refractivity contribution is -0.141. The zero-order valence-corrected chi connectivity index (χ0v) is 16.1. The highest BCUT2D eigenvalue weighted by Gasteiger charge is 2.24. The largest absolute Gasteiger partial charge is 0.465 e. The molecular weight excluding hydrogens is 366 g/mol. The van der Waals surface area contributed by atoms with E-state index in [1.807, 2.05) is 23.6 Å². The van der Waals surface area contributed by atoms with Gasteiger partial charge in [-0.2, -0.15) is 0 Å². The van der Waals surface area contributed by atoms with Crippen molar-refractivity contribution in [3.05, 3.63) is 35.2 Å². The third-order valence-electron chi connectivity index (χ3n) is 4.51. The summed E-state index contributed by atoms with van der Waals surface area (Å²) in [5.41, 5.74) is 1.05. The number of nitrogens with one attached hydrogen (secondary N) is 1. The van der Waals surface area contributed by atoms with Crippen molar-refractivity contribution in [1.82, 2.24) is 15.1 Å². The predicted molar refractivity (Wildman–Crippen MR) is 104 cm³/mol. The number of amides is 3. The summed E-state index contributed by atoms with van der Waals surface area (Å²) in [4.78, 5) is 39.4.